The van der Waals surface area contributed by atoms with Crippen LogP contribution >= 0.6 is 11.6 Å². The van der Waals surface area contributed by atoms with Crippen molar-refractivity contribution in [2.45, 2.75) is 19.3 Å². The molecule has 2 fully saturated rings. The minimum Gasteiger partial charge on any atom is -0.356 e. The topological polar surface area (TPSA) is 73.8 Å². The van der Waals surface area contributed by atoms with E-state index in [4.69, 9.17) is 11.6 Å². The molecule has 2 amide bonds. The van der Waals surface area contributed by atoms with Gasteiger partial charge in [-0.2, -0.15) is 0 Å². The van der Waals surface area contributed by atoms with Crippen LogP contribution in [0.15, 0.2) is 41.4 Å². The molecule has 1 aliphatic heterocycles. The van der Waals surface area contributed by atoms with E-state index in [1.165, 1.54) is 10.5 Å². The molecule has 1 heterocycles. The molecular formula is C22H27ClN4O2. The second-order valence-corrected chi connectivity index (χ2v) is 8.42. The number of nitrogens with zero attached hydrogens (tertiary/aromatic N) is 2. The quantitative estimate of drug-likeness (QED) is 0.236. The number of allylic oxidation sites excluding steroid dienone is 2. The van der Waals surface area contributed by atoms with Crippen LogP contribution in [0.1, 0.15) is 18.4 Å². The highest BCUT2D eigenvalue weighted by Crippen LogP contribution is 2.52. The van der Waals surface area contributed by atoms with Crippen LogP contribution in [-0.4, -0.2) is 49.4 Å². The Morgan fingerprint density at radius 3 is 2.48 bits per heavy atom. The number of hydrogen-bond acceptors (Lipinski definition) is 3. The Balaban J connectivity index is 1.18. The summed E-state index contributed by atoms with van der Waals surface area (Å²) in [5.74, 6) is 1.10. The first kappa shape index (κ1) is 20.0. The Labute approximate surface area is 176 Å². The molecule has 3 aliphatic rings. The lowest BCUT2D eigenvalue weighted by Crippen LogP contribution is -2.40. The van der Waals surface area contributed by atoms with Crippen molar-refractivity contribution in [3.8, 4) is 0 Å². The van der Waals surface area contributed by atoms with Gasteiger partial charge in [-0.3, -0.25) is 19.5 Å². The molecule has 4 atom stereocenters. The van der Waals surface area contributed by atoms with E-state index in [1.54, 1.807) is 7.05 Å². The van der Waals surface area contributed by atoms with E-state index in [0.717, 1.165) is 24.4 Å². The van der Waals surface area contributed by atoms with Gasteiger partial charge in [-0.25, -0.2) is 0 Å². The molecule has 4 rings (SSSR count). The molecule has 1 saturated heterocycles. The molecule has 154 valence electrons. The number of fused-ring (bicyclic) bond motifs is 5. The number of likely N-dealkylation sites (tertiary alicyclic amines) is 1. The Morgan fingerprint density at radius 2 is 1.83 bits per heavy atom. The number of nitrogens with one attached hydrogen (secondary N) is 2. The van der Waals surface area contributed by atoms with Gasteiger partial charge in [0, 0.05) is 31.7 Å². The third-order valence-electron chi connectivity index (χ3n) is 6.23. The maximum atomic E-state index is 12.7. The highest BCUT2D eigenvalue weighted by atomic mass is 35.5. The zero-order valence-corrected chi connectivity index (χ0v) is 17.4. The summed E-state index contributed by atoms with van der Waals surface area (Å²) >= 11 is 6.01. The van der Waals surface area contributed by atoms with Gasteiger partial charge in [0.25, 0.3) is 0 Å². The van der Waals surface area contributed by atoms with Crippen LogP contribution in [0.2, 0.25) is 5.02 Å². The van der Waals surface area contributed by atoms with E-state index >= 15 is 0 Å². The van der Waals surface area contributed by atoms with Gasteiger partial charge >= 0.3 is 0 Å². The summed E-state index contributed by atoms with van der Waals surface area (Å²) in [5, 5.41) is 7.27. The Hall–Kier alpha value is -2.34. The Kier molecular flexibility index (Phi) is 5.90. The third kappa shape index (κ3) is 4.04. The maximum absolute atomic E-state index is 12.7. The van der Waals surface area contributed by atoms with Crippen molar-refractivity contribution in [1.29, 1.82) is 0 Å². The standard InChI is InChI=1S/C22H27ClN4O2/c1-24-22(26-10-8-14-4-2-5-17(23)12-14)25-9-3-11-27-20(28)18-15-6-7-16(13-15)19(18)21(27)29/h2,4-7,12,15-16,18-19H,3,8-11,13H2,1H3,(H2,24,25,26). The summed E-state index contributed by atoms with van der Waals surface area (Å²) in [4.78, 5) is 31.1. The third-order valence-corrected chi connectivity index (χ3v) is 6.47. The zero-order chi connectivity index (χ0) is 20.4. The van der Waals surface area contributed by atoms with Crippen LogP contribution in [0.25, 0.3) is 0 Å². The molecular weight excluding hydrogens is 388 g/mol. The predicted octanol–water partition coefficient (Wildman–Crippen LogP) is 2.24. The van der Waals surface area contributed by atoms with Crippen molar-refractivity contribution in [1.82, 2.24) is 15.5 Å². The van der Waals surface area contributed by atoms with Crippen LogP contribution < -0.4 is 10.6 Å². The molecule has 1 aromatic carbocycles. The molecule has 2 bridgehead atoms. The number of amides is 2. The van der Waals surface area contributed by atoms with Crippen molar-refractivity contribution in [2.75, 3.05) is 26.7 Å². The van der Waals surface area contributed by atoms with Gasteiger partial charge in [0.2, 0.25) is 11.8 Å². The van der Waals surface area contributed by atoms with E-state index in [1.807, 2.05) is 24.3 Å². The van der Waals surface area contributed by atoms with Crippen LogP contribution in [0.4, 0.5) is 0 Å². The summed E-state index contributed by atoms with van der Waals surface area (Å²) in [6.07, 6.45) is 6.77. The van der Waals surface area contributed by atoms with Crippen LogP contribution in [-0.2, 0) is 16.0 Å². The van der Waals surface area contributed by atoms with E-state index < -0.39 is 0 Å². The van der Waals surface area contributed by atoms with Crippen molar-refractivity contribution in [3.05, 3.63) is 47.0 Å². The van der Waals surface area contributed by atoms with Crippen LogP contribution in [0.3, 0.4) is 0 Å². The molecule has 0 aromatic heterocycles. The highest BCUT2D eigenvalue weighted by Gasteiger charge is 2.58. The van der Waals surface area contributed by atoms with E-state index in [2.05, 4.69) is 27.8 Å². The fraction of sp³-hybridized carbons (Fsp3) is 0.500. The van der Waals surface area contributed by atoms with Gasteiger partial charge in [0.15, 0.2) is 5.96 Å². The predicted molar refractivity (Wildman–Crippen MR) is 114 cm³/mol. The molecule has 1 aromatic rings. The van der Waals surface area contributed by atoms with E-state index in [9.17, 15) is 9.59 Å². The maximum Gasteiger partial charge on any atom is 0.233 e. The van der Waals surface area contributed by atoms with Crippen molar-refractivity contribution in [3.63, 3.8) is 0 Å². The molecule has 2 aliphatic carbocycles. The minimum absolute atomic E-state index is 0.0286. The Morgan fingerprint density at radius 1 is 1.14 bits per heavy atom. The fourth-order valence-corrected chi connectivity index (χ4v) is 5.08. The van der Waals surface area contributed by atoms with Crippen LogP contribution in [0.5, 0.6) is 0 Å². The lowest BCUT2D eigenvalue weighted by atomic mass is 9.85. The summed E-state index contributed by atoms with van der Waals surface area (Å²) in [5.41, 5.74) is 1.17. The SMILES string of the molecule is CN=C(NCCCN1C(=O)C2C3C=CC(C3)C2C1=O)NCCc1cccc(Cl)c1. The Bertz CT molecular complexity index is 823. The average Bonchev–Trinajstić information content (AvgIpc) is 3.39. The van der Waals surface area contributed by atoms with Gasteiger partial charge < -0.3 is 10.6 Å². The molecule has 7 heteroatoms. The molecule has 6 nitrogen and oxygen atoms in total. The normalized spacial score (nSPS) is 27.7. The number of guanidine groups is 1. The van der Waals surface area contributed by atoms with Crippen LogP contribution in [0, 0.1) is 23.7 Å². The number of carbonyl (C=O) groups is 2. The van der Waals surface area contributed by atoms with Crippen molar-refractivity contribution in [2.24, 2.45) is 28.7 Å². The molecule has 0 radical (unpaired) electrons. The number of halogens is 1. The van der Waals surface area contributed by atoms with Crippen molar-refractivity contribution < 1.29 is 9.59 Å². The lowest BCUT2D eigenvalue weighted by molar-refractivity contribution is -0.140. The average molecular weight is 415 g/mol. The van der Waals surface area contributed by atoms with Crippen molar-refractivity contribution >= 4 is 29.4 Å². The summed E-state index contributed by atoms with van der Waals surface area (Å²) < 4.78 is 0. The van der Waals surface area contributed by atoms with E-state index in [0.29, 0.717) is 25.5 Å². The molecule has 29 heavy (non-hydrogen) atoms. The van der Waals surface area contributed by atoms with Gasteiger partial charge in [0.1, 0.15) is 0 Å². The van der Waals surface area contributed by atoms with Gasteiger partial charge in [-0.1, -0.05) is 35.9 Å². The second kappa shape index (κ2) is 8.57. The van der Waals surface area contributed by atoms with Gasteiger partial charge in [-0.15, -0.1) is 0 Å². The smallest absolute Gasteiger partial charge is 0.233 e. The highest BCUT2D eigenvalue weighted by molar-refractivity contribution is 6.30. The fourth-order valence-electron chi connectivity index (χ4n) is 4.87. The largest absolute Gasteiger partial charge is 0.356 e. The first-order valence-electron chi connectivity index (χ1n) is 10.3. The summed E-state index contributed by atoms with van der Waals surface area (Å²) in [6, 6.07) is 7.82. The number of rotatable bonds is 7. The number of benzene rings is 1. The number of carbonyl (C=O) groups excluding carboxylic acids is 2. The molecule has 4 unspecified atom stereocenters. The number of hydrogen-bond donors (Lipinski definition) is 2. The van der Waals surface area contributed by atoms with Gasteiger partial charge in [0.05, 0.1) is 11.8 Å². The number of aliphatic imine (C=N–C) groups is 1. The van der Waals surface area contributed by atoms with E-state index in [-0.39, 0.29) is 35.5 Å². The second-order valence-electron chi connectivity index (χ2n) is 7.99. The number of imide groups is 1. The first-order chi connectivity index (χ1) is 14.1. The molecule has 0 spiro atoms. The molecule has 1 saturated carbocycles. The summed E-state index contributed by atoms with van der Waals surface area (Å²) in [6.45, 7) is 1.85. The summed E-state index contributed by atoms with van der Waals surface area (Å²) in [7, 11) is 1.73. The minimum atomic E-state index is -0.105. The first-order valence-corrected chi connectivity index (χ1v) is 10.7. The zero-order valence-electron chi connectivity index (χ0n) is 16.6. The monoisotopic (exact) mass is 414 g/mol. The lowest BCUT2D eigenvalue weighted by Gasteiger charge is -2.18. The van der Waals surface area contributed by atoms with Gasteiger partial charge in [-0.05, 0) is 48.8 Å². The molecule has 2 N–H and O–H groups in total.